The summed E-state index contributed by atoms with van der Waals surface area (Å²) in [6.07, 6.45) is 9.71. The molecule has 0 saturated carbocycles. The van der Waals surface area contributed by atoms with Gasteiger partial charge in [0.2, 0.25) is 0 Å². The van der Waals surface area contributed by atoms with E-state index in [2.05, 4.69) is 0 Å². The highest BCUT2D eigenvalue weighted by atomic mass is 16.6. The van der Waals surface area contributed by atoms with Crippen LogP contribution < -0.4 is 0 Å². The number of ether oxygens (including phenoxy) is 1. The van der Waals surface area contributed by atoms with Gasteiger partial charge in [-0.1, -0.05) is 36.4 Å². The average molecular weight is 384 g/mol. The minimum Gasteiger partial charge on any atom is -0.387 e. The Bertz CT molecular complexity index is 1190. The molecule has 0 fully saturated rings. The van der Waals surface area contributed by atoms with Gasteiger partial charge in [-0.25, -0.2) is 9.59 Å². The summed E-state index contributed by atoms with van der Waals surface area (Å²) in [5, 5.41) is 2.06. The van der Waals surface area contributed by atoms with Crippen molar-refractivity contribution in [1.82, 2.24) is 9.13 Å². The minimum atomic E-state index is -0.703. The molecule has 0 amide bonds. The number of nitrogens with zero attached hydrogens (tertiary/aromatic N) is 2. The Morgan fingerprint density at radius 3 is 1.59 bits per heavy atom. The summed E-state index contributed by atoms with van der Waals surface area (Å²) >= 11 is 0. The fourth-order valence-corrected chi connectivity index (χ4v) is 3.49. The van der Waals surface area contributed by atoms with E-state index in [-0.39, 0.29) is 0 Å². The van der Waals surface area contributed by atoms with Crippen molar-refractivity contribution in [3.8, 4) is 0 Å². The lowest BCUT2D eigenvalue weighted by atomic mass is 10.1. The lowest BCUT2D eigenvalue weighted by Crippen LogP contribution is -2.06. The third-order valence-electron chi connectivity index (χ3n) is 4.85. The molecule has 0 atom stereocenters. The van der Waals surface area contributed by atoms with Gasteiger partial charge in [-0.15, -0.1) is 0 Å². The molecule has 5 nitrogen and oxygen atoms in total. The zero-order chi connectivity index (χ0) is 20.4. The molecule has 0 aliphatic rings. The molecule has 0 spiro atoms. The third kappa shape index (κ3) is 3.75. The number of carbonyl (C=O) groups is 2. The molecule has 4 rings (SSSR count). The van der Waals surface area contributed by atoms with Crippen LogP contribution in [0.2, 0.25) is 0 Å². The van der Waals surface area contributed by atoms with E-state index in [1.165, 1.54) is 12.2 Å². The van der Waals surface area contributed by atoms with Crippen LogP contribution in [-0.4, -0.2) is 21.1 Å². The van der Waals surface area contributed by atoms with Gasteiger partial charge in [0.1, 0.15) is 0 Å². The van der Waals surface area contributed by atoms with Crippen molar-refractivity contribution in [3.05, 3.63) is 84.2 Å². The SMILES string of the molecule is Cn1cc(/C=C/C(=O)OC(=O)/C=C/c2cn(C)c3ccccc23)c2ccccc21. The van der Waals surface area contributed by atoms with E-state index in [0.29, 0.717) is 0 Å². The van der Waals surface area contributed by atoms with Crippen LogP contribution in [0.25, 0.3) is 34.0 Å². The van der Waals surface area contributed by atoms with Crippen LogP contribution in [0, 0.1) is 0 Å². The molecule has 0 saturated heterocycles. The number of esters is 2. The molecule has 0 radical (unpaired) electrons. The van der Waals surface area contributed by atoms with Gasteiger partial charge in [-0.05, 0) is 24.3 Å². The first kappa shape index (κ1) is 18.5. The van der Waals surface area contributed by atoms with E-state index in [0.717, 1.165) is 32.9 Å². The number of carbonyl (C=O) groups excluding carboxylic acids is 2. The molecule has 2 heterocycles. The molecule has 0 N–H and O–H groups in total. The van der Waals surface area contributed by atoms with Crippen molar-refractivity contribution in [1.29, 1.82) is 0 Å². The first-order chi connectivity index (χ1) is 14.0. The van der Waals surface area contributed by atoms with E-state index >= 15 is 0 Å². The summed E-state index contributed by atoms with van der Waals surface area (Å²) in [6.45, 7) is 0. The summed E-state index contributed by atoms with van der Waals surface area (Å²) in [6, 6.07) is 15.8. The summed E-state index contributed by atoms with van der Waals surface area (Å²) in [5.41, 5.74) is 3.90. The number of fused-ring (bicyclic) bond motifs is 2. The molecule has 0 aliphatic carbocycles. The van der Waals surface area contributed by atoms with Crippen LogP contribution in [0.3, 0.4) is 0 Å². The summed E-state index contributed by atoms with van der Waals surface area (Å²) < 4.78 is 8.84. The van der Waals surface area contributed by atoms with Gasteiger partial charge in [0.15, 0.2) is 0 Å². The molecule has 0 bridgehead atoms. The highest BCUT2D eigenvalue weighted by molar-refractivity contribution is 6.02. The van der Waals surface area contributed by atoms with E-state index < -0.39 is 11.9 Å². The van der Waals surface area contributed by atoms with Gasteiger partial charge in [0.25, 0.3) is 0 Å². The highest BCUT2D eigenvalue weighted by Gasteiger charge is 2.08. The van der Waals surface area contributed by atoms with Crippen LogP contribution in [-0.2, 0) is 28.4 Å². The topological polar surface area (TPSA) is 53.2 Å². The number of aryl methyl sites for hydroxylation is 2. The smallest absolute Gasteiger partial charge is 0.338 e. The van der Waals surface area contributed by atoms with Crippen LogP contribution in [0.4, 0.5) is 0 Å². The molecule has 2 aromatic carbocycles. The second-order valence-electron chi connectivity index (χ2n) is 6.83. The van der Waals surface area contributed by atoms with Crippen molar-refractivity contribution >= 4 is 45.9 Å². The van der Waals surface area contributed by atoms with Crippen molar-refractivity contribution in [3.63, 3.8) is 0 Å². The standard InChI is InChI=1S/C24H20N2O3/c1-25-15-17(19-7-3-5-9-21(19)25)11-13-23(27)29-24(28)14-12-18-16-26(2)22-10-6-4-8-20(18)22/h3-16H,1-2H3/b13-11+,14-12+. The molecule has 5 heteroatoms. The Morgan fingerprint density at radius 2 is 1.14 bits per heavy atom. The van der Waals surface area contributed by atoms with E-state index in [4.69, 9.17) is 4.74 Å². The Balaban J connectivity index is 1.44. The van der Waals surface area contributed by atoms with Crippen molar-refractivity contribution in [2.75, 3.05) is 0 Å². The van der Waals surface area contributed by atoms with Gasteiger partial charge in [-0.2, -0.15) is 0 Å². The molecule has 29 heavy (non-hydrogen) atoms. The van der Waals surface area contributed by atoms with Gasteiger partial charge >= 0.3 is 11.9 Å². The fraction of sp³-hybridized carbons (Fsp3) is 0.0833. The number of hydrogen-bond acceptors (Lipinski definition) is 3. The second kappa shape index (κ2) is 7.64. The third-order valence-corrected chi connectivity index (χ3v) is 4.85. The highest BCUT2D eigenvalue weighted by Crippen LogP contribution is 2.22. The molecule has 144 valence electrons. The number of rotatable bonds is 4. The molecule has 0 unspecified atom stereocenters. The van der Waals surface area contributed by atoms with Crippen LogP contribution >= 0.6 is 0 Å². The molecule has 2 aromatic heterocycles. The average Bonchev–Trinajstić information content (AvgIpc) is 3.22. The summed E-state index contributed by atoms with van der Waals surface area (Å²) in [7, 11) is 3.89. The predicted molar refractivity (Wildman–Crippen MR) is 115 cm³/mol. The number of benzene rings is 2. The summed E-state index contributed by atoms with van der Waals surface area (Å²) in [4.78, 5) is 24.0. The number of aromatic nitrogens is 2. The number of para-hydroxylation sites is 2. The Morgan fingerprint density at radius 1 is 0.724 bits per heavy atom. The monoisotopic (exact) mass is 384 g/mol. The zero-order valence-electron chi connectivity index (χ0n) is 16.2. The van der Waals surface area contributed by atoms with Gasteiger partial charge in [-0.3, -0.25) is 0 Å². The molecule has 0 aliphatic heterocycles. The maximum Gasteiger partial charge on any atom is 0.338 e. The van der Waals surface area contributed by atoms with Crippen molar-refractivity contribution < 1.29 is 14.3 Å². The minimum absolute atomic E-state index is 0.703. The second-order valence-corrected chi connectivity index (χ2v) is 6.83. The van der Waals surface area contributed by atoms with Crippen LogP contribution in [0.5, 0.6) is 0 Å². The molecular formula is C24H20N2O3. The van der Waals surface area contributed by atoms with E-state index in [1.807, 2.05) is 84.2 Å². The maximum atomic E-state index is 12.0. The number of hydrogen-bond donors (Lipinski definition) is 0. The quantitative estimate of drug-likeness (QED) is 0.296. The lowest BCUT2D eigenvalue weighted by molar-refractivity contribution is -0.152. The van der Waals surface area contributed by atoms with E-state index in [1.54, 1.807) is 12.2 Å². The normalized spacial score (nSPS) is 11.8. The van der Waals surface area contributed by atoms with E-state index in [9.17, 15) is 9.59 Å². The first-order valence-corrected chi connectivity index (χ1v) is 9.23. The maximum absolute atomic E-state index is 12.0. The van der Waals surface area contributed by atoms with Crippen LogP contribution in [0.1, 0.15) is 11.1 Å². The van der Waals surface area contributed by atoms with Gasteiger partial charge in [0.05, 0.1) is 0 Å². The fourth-order valence-electron chi connectivity index (χ4n) is 3.49. The molecule has 4 aromatic rings. The zero-order valence-corrected chi connectivity index (χ0v) is 16.2. The lowest BCUT2D eigenvalue weighted by Gasteiger charge is -1.95. The first-order valence-electron chi connectivity index (χ1n) is 9.23. The summed E-state index contributed by atoms with van der Waals surface area (Å²) in [5.74, 6) is -1.41. The molecular weight excluding hydrogens is 364 g/mol. The Labute approximate surface area is 168 Å². The van der Waals surface area contributed by atoms with Crippen LogP contribution in [0.15, 0.2) is 73.1 Å². The van der Waals surface area contributed by atoms with Gasteiger partial charge in [0, 0.05) is 71.6 Å². The van der Waals surface area contributed by atoms with Crippen molar-refractivity contribution in [2.45, 2.75) is 0 Å². The largest absolute Gasteiger partial charge is 0.387 e. The Kier molecular flexibility index (Phi) is 4.87. The van der Waals surface area contributed by atoms with Gasteiger partial charge < -0.3 is 13.9 Å². The predicted octanol–water partition coefficient (Wildman–Crippen LogP) is 4.47. The van der Waals surface area contributed by atoms with Crippen molar-refractivity contribution in [2.24, 2.45) is 14.1 Å². The Hall–Kier alpha value is -3.86.